The van der Waals surface area contributed by atoms with Crippen molar-refractivity contribution in [3.8, 4) is 23.3 Å². The Morgan fingerprint density at radius 2 is 1.94 bits per heavy atom. The molecule has 0 aliphatic rings. The average Bonchev–Trinajstić information content (AvgIpc) is 2.38. The lowest BCUT2D eigenvalue weighted by atomic mass is 10.1. The molecule has 4 nitrogen and oxygen atoms in total. The molecule has 0 bridgehead atoms. The number of methoxy groups -OCH3 is 2. The van der Waals surface area contributed by atoms with E-state index in [-0.39, 0.29) is 0 Å². The SMILES string of the molecule is CNCC#Cc1cc(OC)c(OC)cc1C=O. The summed E-state index contributed by atoms with van der Waals surface area (Å²) in [6, 6.07) is 3.32. The summed E-state index contributed by atoms with van der Waals surface area (Å²) in [7, 11) is 4.88. The molecule has 0 aliphatic heterocycles. The van der Waals surface area contributed by atoms with Crippen molar-refractivity contribution >= 4 is 6.29 Å². The number of hydrogen-bond donors (Lipinski definition) is 1. The van der Waals surface area contributed by atoms with Gasteiger partial charge in [0, 0.05) is 17.2 Å². The van der Waals surface area contributed by atoms with Gasteiger partial charge in [0.15, 0.2) is 17.8 Å². The number of benzene rings is 1. The Hall–Kier alpha value is -1.99. The zero-order valence-electron chi connectivity index (χ0n) is 10.2. The Kier molecular flexibility index (Phi) is 5.05. The highest BCUT2D eigenvalue weighted by Gasteiger charge is 2.08. The third-order valence-corrected chi connectivity index (χ3v) is 2.17. The second kappa shape index (κ2) is 6.56. The van der Waals surface area contributed by atoms with E-state index < -0.39 is 0 Å². The van der Waals surface area contributed by atoms with Gasteiger partial charge in [-0.15, -0.1) is 0 Å². The van der Waals surface area contributed by atoms with Crippen molar-refractivity contribution in [3.05, 3.63) is 23.3 Å². The minimum atomic E-state index is 0.492. The van der Waals surface area contributed by atoms with E-state index in [0.29, 0.717) is 29.2 Å². The van der Waals surface area contributed by atoms with Crippen LogP contribution in [0.25, 0.3) is 0 Å². The molecule has 1 aromatic rings. The van der Waals surface area contributed by atoms with Crippen LogP contribution >= 0.6 is 0 Å². The highest BCUT2D eigenvalue weighted by molar-refractivity contribution is 5.81. The zero-order chi connectivity index (χ0) is 12.7. The van der Waals surface area contributed by atoms with Crippen LogP contribution in [0.3, 0.4) is 0 Å². The Morgan fingerprint density at radius 3 is 2.47 bits per heavy atom. The van der Waals surface area contributed by atoms with Gasteiger partial charge in [0.1, 0.15) is 0 Å². The van der Waals surface area contributed by atoms with Gasteiger partial charge in [0.2, 0.25) is 0 Å². The van der Waals surface area contributed by atoms with Crippen molar-refractivity contribution in [3.63, 3.8) is 0 Å². The van der Waals surface area contributed by atoms with Crippen LogP contribution < -0.4 is 14.8 Å². The molecule has 0 aliphatic carbocycles. The Bertz CT molecular complexity index is 458. The van der Waals surface area contributed by atoms with Crippen LogP contribution in [-0.4, -0.2) is 34.1 Å². The molecular weight excluding hydrogens is 218 g/mol. The lowest BCUT2D eigenvalue weighted by molar-refractivity contribution is 0.112. The standard InChI is InChI=1S/C13H15NO3/c1-14-6-4-5-10-7-12(16-2)13(17-3)8-11(10)9-15/h7-9,14H,6H2,1-3H3. The fraction of sp³-hybridized carbons (Fsp3) is 0.308. The Labute approximate surface area is 101 Å². The van der Waals surface area contributed by atoms with Crippen molar-refractivity contribution in [2.45, 2.75) is 0 Å². The Morgan fingerprint density at radius 1 is 1.29 bits per heavy atom. The van der Waals surface area contributed by atoms with Gasteiger partial charge < -0.3 is 14.8 Å². The van der Waals surface area contributed by atoms with E-state index in [1.807, 2.05) is 7.05 Å². The van der Waals surface area contributed by atoms with Crippen LogP contribution in [0.4, 0.5) is 0 Å². The molecule has 17 heavy (non-hydrogen) atoms. The lowest BCUT2D eigenvalue weighted by Gasteiger charge is -2.09. The first-order chi connectivity index (χ1) is 8.26. The predicted octanol–water partition coefficient (Wildman–Crippen LogP) is 1.09. The summed E-state index contributed by atoms with van der Waals surface area (Å²) in [6.07, 6.45) is 0.755. The fourth-order valence-corrected chi connectivity index (χ4v) is 1.33. The average molecular weight is 233 g/mol. The fourth-order valence-electron chi connectivity index (χ4n) is 1.33. The van der Waals surface area contributed by atoms with Gasteiger partial charge in [-0.05, 0) is 13.1 Å². The van der Waals surface area contributed by atoms with Crippen molar-refractivity contribution in [2.24, 2.45) is 0 Å². The molecule has 0 spiro atoms. The van der Waals surface area contributed by atoms with Crippen LogP contribution in [-0.2, 0) is 0 Å². The molecule has 90 valence electrons. The summed E-state index contributed by atoms with van der Waals surface area (Å²) in [4.78, 5) is 10.9. The van der Waals surface area contributed by atoms with E-state index in [1.54, 1.807) is 19.2 Å². The third-order valence-electron chi connectivity index (χ3n) is 2.17. The maximum atomic E-state index is 10.9. The molecule has 4 heteroatoms. The number of hydrogen-bond acceptors (Lipinski definition) is 4. The van der Waals surface area contributed by atoms with Gasteiger partial charge >= 0.3 is 0 Å². The van der Waals surface area contributed by atoms with E-state index in [1.165, 1.54) is 7.11 Å². The van der Waals surface area contributed by atoms with E-state index in [0.717, 1.165) is 6.29 Å². The summed E-state index contributed by atoms with van der Waals surface area (Å²) in [5.74, 6) is 6.89. The molecule has 0 radical (unpaired) electrons. The molecule has 1 N–H and O–H groups in total. The van der Waals surface area contributed by atoms with Gasteiger partial charge in [0.05, 0.1) is 20.8 Å². The second-order valence-electron chi connectivity index (χ2n) is 3.24. The molecular formula is C13H15NO3. The first-order valence-electron chi connectivity index (χ1n) is 5.11. The number of carbonyl (C=O) groups is 1. The minimum absolute atomic E-state index is 0.492. The first kappa shape index (κ1) is 13.1. The topological polar surface area (TPSA) is 47.6 Å². The molecule has 0 unspecified atom stereocenters. The van der Waals surface area contributed by atoms with Crippen LogP contribution in [0, 0.1) is 11.8 Å². The molecule has 0 saturated heterocycles. The lowest BCUT2D eigenvalue weighted by Crippen LogP contribution is -2.04. The number of rotatable bonds is 4. The minimum Gasteiger partial charge on any atom is -0.493 e. The summed E-state index contributed by atoms with van der Waals surface area (Å²) < 4.78 is 10.3. The van der Waals surface area contributed by atoms with Crippen molar-refractivity contribution in [1.82, 2.24) is 5.32 Å². The molecule has 0 heterocycles. The van der Waals surface area contributed by atoms with Crippen molar-refractivity contribution in [1.29, 1.82) is 0 Å². The first-order valence-corrected chi connectivity index (χ1v) is 5.11. The maximum Gasteiger partial charge on any atom is 0.162 e. The Balaban J connectivity index is 3.20. The smallest absolute Gasteiger partial charge is 0.162 e. The third kappa shape index (κ3) is 3.23. The van der Waals surface area contributed by atoms with Gasteiger partial charge in [0.25, 0.3) is 0 Å². The second-order valence-corrected chi connectivity index (χ2v) is 3.24. The highest BCUT2D eigenvalue weighted by Crippen LogP contribution is 2.29. The molecule has 0 fully saturated rings. The van der Waals surface area contributed by atoms with Gasteiger partial charge in [-0.3, -0.25) is 4.79 Å². The largest absolute Gasteiger partial charge is 0.493 e. The summed E-state index contributed by atoms with van der Waals surface area (Å²) >= 11 is 0. The summed E-state index contributed by atoms with van der Waals surface area (Å²) in [6.45, 7) is 0.562. The molecule has 1 rings (SSSR count). The summed E-state index contributed by atoms with van der Waals surface area (Å²) in [5, 5.41) is 2.91. The van der Waals surface area contributed by atoms with E-state index in [9.17, 15) is 4.79 Å². The molecule has 0 aromatic heterocycles. The van der Waals surface area contributed by atoms with Crippen LogP contribution in [0.15, 0.2) is 12.1 Å². The quantitative estimate of drug-likeness (QED) is 0.624. The molecule has 0 saturated carbocycles. The zero-order valence-corrected chi connectivity index (χ0v) is 10.2. The van der Waals surface area contributed by atoms with Gasteiger partial charge in [-0.2, -0.15) is 0 Å². The number of carbonyl (C=O) groups excluding carboxylic acids is 1. The molecule has 0 amide bonds. The molecule has 0 atom stereocenters. The monoisotopic (exact) mass is 233 g/mol. The summed E-state index contributed by atoms with van der Waals surface area (Å²) in [5.41, 5.74) is 1.12. The molecule has 1 aromatic carbocycles. The van der Waals surface area contributed by atoms with E-state index in [2.05, 4.69) is 17.2 Å². The predicted molar refractivity (Wildman–Crippen MR) is 65.7 cm³/mol. The normalized spacial score (nSPS) is 9.12. The van der Waals surface area contributed by atoms with E-state index in [4.69, 9.17) is 9.47 Å². The van der Waals surface area contributed by atoms with Crippen molar-refractivity contribution in [2.75, 3.05) is 27.8 Å². The highest BCUT2D eigenvalue weighted by atomic mass is 16.5. The van der Waals surface area contributed by atoms with Gasteiger partial charge in [-0.25, -0.2) is 0 Å². The van der Waals surface area contributed by atoms with Crippen LogP contribution in [0.5, 0.6) is 11.5 Å². The number of ether oxygens (including phenoxy) is 2. The maximum absolute atomic E-state index is 10.9. The van der Waals surface area contributed by atoms with Crippen molar-refractivity contribution < 1.29 is 14.3 Å². The van der Waals surface area contributed by atoms with Crippen LogP contribution in [0.1, 0.15) is 15.9 Å². The van der Waals surface area contributed by atoms with Crippen LogP contribution in [0.2, 0.25) is 0 Å². The van der Waals surface area contributed by atoms with E-state index >= 15 is 0 Å². The number of nitrogens with one attached hydrogen (secondary N) is 1. The van der Waals surface area contributed by atoms with Gasteiger partial charge in [-0.1, -0.05) is 11.8 Å². The number of aldehydes is 1.